The van der Waals surface area contributed by atoms with Crippen molar-refractivity contribution < 1.29 is 47.9 Å². The van der Waals surface area contributed by atoms with Crippen molar-refractivity contribution >= 4 is 16.0 Å². The standard InChI is InChI=1S/C12H23NO4S.Na/c1-2-3-4-5-6-7-8-11-18(16,17)13-10-9-12(14)15;/h8,11,13H,2-7,9-10H2,1H3,(H,14,15);/q;+1/p-1/b11-8+;. The van der Waals surface area contributed by atoms with E-state index in [1.807, 2.05) is 0 Å². The molecular weight excluding hydrogens is 277 g/mol. The van der Waals surface area contributed by atoms with Gasteiger partial charge >= 0.3 is 29.6 Å². The summed E-state index contributed by atoms with van der Waals surface area (Å²) < 4.78 is 24.8. The average Bonchev–Trinajstić information content (AvgIpc) is 2.27. The summed E-state index contributed by atoms with van der Waals surface area (Å²) in [5, 5.41) is 11.2. The molecule has 0 saturated carbocycles. The van der Waals surface area contributed by atoms with E-state index in [-0.39, 0.29) is 42.5 Å². The zero-order valence-electron chi connectivity index (χ0n) is 11.9. The minimum absolute atomic E-state index is 0. The summed E-state index contributed by atoms with van der Waals surface area (Å²) in [6.45, 7) is 2.01. The Hall–Kier alpha value is 0.120. The van der Waals surface area contributed by atoms with E-state index in [9.17, 15) is 18.3 Å². The number of hydrogen-bond donors (Lipinski definition) is 1. The van der Waals surface area contributed by atoms with Gasteiger partial charge in [0.1, 0.15) is 0 Å². The number of carbonyl (C=O) groups is 1. The van der Waals surface area contributed by atoms with Crippen LogP contribution in [0.15, 0.2) is 11.5 Å². The Morgan fingerprint density at radius 2 is 1.84 bits per heavy atom. The van der Waals surface area contributed by atoms with E-state index >= 15 is 0 Å². The van der Waals surface area contributed by atoms with Crippen molar-refractivity contribution in [2.75, 3.05) is 6.54 Å². The van der Waals surface area contributed by atoms with Crippen molar-refractivity contribution in [3.8, 4) is 0 Å². The van der Waals surface area contributed by atoms with E-state index in [1.165, 1.54) is 19.3 Å². The Morgan fingerprint density at radius 3 is 2.42 bits per heavy atom. The van der Waals surface area contributed by atoms with Gasteiger partial charge in [0.25, 0.3) is 0 Å². The van der Waals surface area contributed by atoms with Gasteiger partial charge in [-0.05, 0) is 12.8 Å². The third-order valence-electron chi connectivity index (χ3n) is 2.38. The fourth-order valence-corrected chi connectivity index (χ4v) is 2.28. The van der Waals surface area contributed by atoms with Crippen molar-refractivity contribution in [2.45, 2.75) is 51.9 Å². The molecule has 0 aliphatic heterocycles. The number of aliphatic carboxylic acids is 1. The van der Waals surface area contributed by atoms with Crippen LogP contribution in [0.25, 0.3) is 0 Å². The van der Waals surface area contributed by atoms with Crippen molar-refractivity contribution in [1.29, 1.82) is 0 Å². The molecule has 0 unspecified atom stereocenters. The van der Waals surface area contributed by atoms with Crippen LogP contribution < -0.4 is 39.4 Å². The van der Waals surface area contributed by atoms with Gasteiger partial charge in [-0.1, -0.05) is 38.7 Å². The molecule has 0 aliphatic rings. The third kappa shape index (κ3) is 16.1. The van der Waals surface area contributed by atoms with Gasteiger partial charge in [0.05, 0.1) is 0 Å². The number of nitrogens with one attached hydrogen (secondary N) is 1. The van der Waals surface area contributed by atoms with Crippen LogP contribution in [0.1, 0.15) is 51.9 Å². The molecule has 0 heterocycles. The van der Waals surface area contributed by atoms with Crippen LogP contribution in [0.2, 0.25) is 0 Å². The second-order valence-corrected chi connectivity index (χ2v) is 5.79. The quantitative estimate of drug-likeness (QED) is 0.351. The first kappa shape index (κ1) is 21.4. The molecule has 0 saturated heterocycles. The first-order valence-corrected chi connectivity index (χ1v) is 7.88. The Labute approximate surface area is 138 Å². The van der Waals surface area contributed by atoms with Crippen molar-refractivity contribution in [2.24, 2.45) is 0 Å². The summed E-state index contributed by atoms with van der Waals surface area (Å²) in [5.74, 6) is -1.27. The normalized spacial score (nSPS) is 11.4. The Kier molecular flexibility index (Phi) is 14.8. The fourth-order valence-electron chi connectivity index (χ4n) is 1.40. The molecular formula is C12H22NNaO4S. The SMILES string of the molecule is CCCCCCC/C=C/S(=O)(=O)NCCC(=O)[O-].[Na+]. The van der Waals surface area contributed by atoms with Gasteiger partial charge in [-0.3, -0.25) is 0 Å². The van der Waals surface area contributed by atoms with Crippen molar-refractivity contribution in [3.63, 3.8) is 0 Å². The molecule has 5 nitrogen and oxygen atoms in total. The third-order valence-corrected chi connectivity index (χ3v) is 3.54. The summed E-state index contributed by atoms with van der Waals surface area (Å²) in [7, 11) is -3.50. The Bertz CT molecular complexity index is 355. The number of sulfonamides is 1. The zero-order chi connectivity index (χ0) is 13.9. The van der Waals surface area contributed by atoms with Gasteiger partial charge in [0.15, 0.2) is 0 Å². The topological polar surface area (TPSA) is 86.3 Å². The maximum Gasteiger partial charge on any atom is 1.00 e. The zero-order valence-corrected chi connectivity index (χ0v) is 14.7. The molecule has 0 aromatic carbocycles. The molecule has 106 valence electrons. The number of carboxylic acid groups (broad SMARTS) is 1. The second-order valence-electron chi connectivity index (χ2n) is 4.14. The van der Waals surface area contributed by atoms with Gasteiger partial charge in [0, 0.05) is 24.3 Å². The average molecular weight is 299 g/mol. The first-order chi connectivity index (χ1) is 8.48. The van der Waals surface area contributed by atoms with Gasteiger partial charge in [0.2, 0.25) is 10.0 Å². The maximum absolute atomic E-state index is 11.3. The van der Waals surface area contributed by atoms with Gasteiger partial charge in [-0.25, -0.2) is 13.1 Å². The summed E-state index contributed by atoms with van der Waals surface area (Å²) in [6, 6.07) is 0. The monoisotopic (exact) mass is 299 g/mol. The molecule has 1 N–H and O–H groups in total. The van der Waals surface area contributed by atoms with E-state index in [0.717, 1.165) is 24.7 Å². The molecule has 0 atom stereocenters. The molecule has 0 aromatic rings. The number of carboxylic acids is 1. The molecule has 0 spiro atoms. The Morgan fingerprint density at radius 1 is 1.21 bits per heavy atom. The number of rotatable bonds is 11. The molecule has 19 heavy (non-hydrogen) atoms. The number of allylic oxidation sites excluding steroid dienone is 1. The van der Waals surface area contributed by atoms with E-state index in [1.54, 1.807) is 6.08 Å². The van der Waals surface area contributed by atoms with Crippen LogP contribution in [0.5, 0.6) is 0 Å². The van der Waals surface area contributed by atoms with Crippen molar-refractivity contribution in [1.82, 2.24) is 4.72 Å². The summed E-state index contributed by atoms with van der Waals surface area (Å²) in [5.41, 5.74) is 0. The molecule has 7 heteroatoms. The number of unbranched alkanes of at least 4 members (excludes halogenated alkanes) is 5. The summed E-state index contributed by atoms with van der Waals surface area (Å²) in [6.07, 6.45) is 7.68. The largest absolute Gasteiger partial charge is 1.00 e. The number of carbonyl (C=O) groups excluding carboxylic acids is 1. The predicted molar refractivity (Wildman–Crippen MR) is 69.1 cm³/mol. The van der Waals surface area contributed by atoms with Crippen LogP contribution in [0.3, 0.4) is 0 Å². The molecule has 0 aliphatic carbocycles. The van der Waals surface area contributed by atoms with E-state index in [0.29, 0.717) is 0 Å². The molecule has 0 bridgehead atoms. The minimum atomic E-state index is -3.50. The molecule has 0 radical (unpaired) electrons. The van der Waals surface area contributed by atoms with Gasteiger partial charge in [-0.2, -0.15) is 0 Å². The maximum atomic E-state index is 11.3. The van der Waals surface area contributed by atoms with E-state index < -0.39 is 16.0 Å². The first-order valence-electron chi connectivity index (χ1n) is 6.34. The smallest absolute Gasteiger partial charge is 0.550 e. The summed E-state index contributed by atoms with van der Waals surface area (Å²) >= 11 is 0. The second kappa shape index (κ2) is 13.1. The van der Waals surface area contributed by atoms with Gasteiger partial charge < -0.3 is 9.90 Å². The van der Waals surface area contributed by atoms with Crippen LogP contribution in [-0.4, -0.2) is 20.9 Å². The van der Waals surface area contributed by atoms with Crippen LogP contribution in [0, 0.1) is 0 Å². The summed E-state index contributed by atoms with van der Waals surface area (Å²) in [4.78, 5) is 10.1. The van der Waals surface area contributed by atoms with Crippen molar-refractivity contribution in [3.05, 3.63) is 11.5 Å². The minimum Gasteiger partial charge on any atom is -0.550 e. The Balaban J connectivity index is 0. The number of hydrogen-bond acceptors (Lipinski definition) is 4. The predicted octanol–water partition coefficient (Wildman–Crippen LogP) is -2.08. The van der Waals surface area contributed by atoms with Crippen LogP contribution in [-0.2, 0) is 14.8 Å². The molecule has 0 aromatic heterocycles. The van der Waals surface area contributed by atoms with Crippen LogP contribution in [0.4, 0.5) is 0 Å². The molecule has 0 fully saturated rings. The van der Waals surface area contributed by atoms with E-state index in [2.05, 4.69) is 11.6 Å². The molecule has 0 rings (SSSR count). The van der Waals surface area contributed by atoms with Crippen LogP contribution >= 0.6 is 0 Å². The van der Waals surface area contributed by atoms with Gasteiger partial charge in [-0.15, -0.1) is 0 Å². The van der Waals surface area contributed by atoms with E-state index in [4.69, 9.17) is 0 Å². The fraction of sp³-hybridized carbons (Fsp3) is 0.750. The molecule has 0 amide bonds.